The Hall–Kier alpha value is -1.71. The van der Waals surface area contributed by atoms with E-state index in [1.54, 1.807) is 0 Å². The summed E-state index contributed by atoms with van der Waals surface area (Å²) in [5, 5.41) is 33.2. The van der Waals surface area contributed by atoms with E-state index in [1.165, 1.54) is 0 Å². The Morgan fingerprint density at radius 2 is 1.16 bits per heavy atom. The minimum atomic E-state index is -2.95. The molecule has 108 valence electrons. The average Bonchev–Trinajstić information content (AvgIpc) is 2.42. The molecule has 19 heavy (non-hydrogen) atoms. The average molecular weight is 275 g/mol. The summed E-state index contributed by atoms with van der Waals surface area (Å²) in [5.74, 6) is -5.69. The summed E-state index contributed by atoms with van der Waals surface area (Å²) in [5.41, 5.74) is -2.95. The number of rotatable bonds is 4. The van der Waals surface area contributed by atoms with Gasteiger partial charge in [0.15, 0.2) is 0 Å². The predicted octanol–water partition coefficient (Wildman–Crippen LogP) is -2.53. The molecule has 0 radical (unpaired) electrons. The van der Waals surface area contributed by atoms with Gasteiger partial charge in [-0.25, -0.2) is 14.4 Å². The summed E-state index contributed by atoms with van der Waals surface area (Å²) in [7, 11) is 0. The van der Waals surface area contributed by atoms with Gasteiger partial charge < -0.3 is 26.0 Å². The first-order valence-electron chi connectivity index (χ1n) is 5.80. The Labute approximate surface area is 109 Å². The lowest BCUT2D eigenvalue weighted by atomic mass is 9.97. The first-order valence-corrected chi connectivity index (χ1v) is 5.80. The third kappa shape index (κ3) is 3.00. The summed E-state index contributed by atoms with van der Waals surface area (Å²) in [4.78, 5) is 34.7. The smallest absolute Gasteiger partial charge is 0.347 e. The first kappa shape index (κ1) is 15.3. The van der Waals surface area contributed by atoms with Crippen LogP contribution in [0.5, 0.6) is 0 Å². The highest BCUT2D eigenvalue weighted by atomic mass is 16.4. The van der Waals surface area contributed by atoms with E-state index in [2.05, 4.69) is 10.6 Å². The van der Waals surface area contributed by atoms with E-state index in [0.29, 0.717) is 26.2 Å². The number of hydrogen-bond acceptors (Lipinski definition) is 6. The lowest BCUT2D eigenvalue weighted by Crippen LogP contribution is -2.66. The van der Waals surface area contributed by atoms with E-state index in [4.69, 9.17) is 15.3 Å². The number of aliphatic carboxylic acids is 3. The van der Waals surface area contributed by atoms with Gasteiger partial charge in [0.2, 0.25) is 0 Å². The maximum atomic E-state index is 11.2. The van der Waals surface area contributed by atoms with E-state index < -0.39 is 23.4 Å². The zero-order valence-corrected chi connectivity index (χ0v) is 10.3. The zero-order chi connectivity index (χ0) is 14.5. The molecule has 1 aliphatic heterocycles. The number of hydrogen-bond donors (Lipinski definition) is 5. The van der Waals surface area contributed by atoms with Crippen LogP contribution < -0.4 is 10.6 Å². The normalized spacial score (nSPS) is 18.9. The van der Waals surface area contributed by atoms with Gasteiger partial charge in [-0.1, -0.05) is 0 Å². The highest BCUT2D eigenvalue weighted by molar-refractivity contribution is 6.21. The minimum absolute atomic E-state index is 0.0204. The number of carboxylic acid groups (broad SMARTS) is 3. The van der Waals surface area contributed by atoms with E-state index in [0.717, 1.165) is 4.90 Å². The lowest BCUT2D eigenvalue weighted by molar-refractivity contribution is -0.178. The maximum absolute atomic E-state index is 11.2. The molecule has 0 spiro atoms. The molecule has 0 atom stereocenters. The molecular formula is C10H17N3O6. The standard InChI is InChI=1S/C10H17N3O6/c14-7(15)10(8(16)17,9(18)19)13-5-3-11-1-2-12-4-6-13/h11-12H,1-6H2,(H,14,15)(H,16,17)(H,18,19). The van der Waals surface area contributed by atoms with Crippen LogP contribution in [0.2, 0.25) is 0 Å². The Kier molecular flexibility index (Phi) is 5.21. The van der Waals surface area contributed by atoms with Gasteiger partial charge in [0.05, 0.1) is 0 Å². The molecule has 9 heteroatoms. The van der Waals surface area contributed by atoms with Crippen molar-refractivity contribution in [1.29, 1.82) is 0 Å². The first-order chi connectivity index (χ1) is 8.94. The molecule has 1 saturated heterocycles. The van der Waals surface area contributed by atoms with E-state index in [-0.39, 0.29) is 13.1 Å². The second-order valence-corrected chi connectivity index (χ2v) is 4.11. The summed E-state index contributed by atoms with van der Waals surface area (Å²) in [6, 6.07) is 0. The summed E-state index contributed by atoms with van der Waals surface area (Å²) < 4.78 is 0. The monoisotopic (exact) mass is 275 g/mol. The van der Waals surface area contributed by atoms with Crippen molar-refractivity contribution in [2.75, 3.05) is 39.3 Å². The number of nitrogens with zero attached hydrogens (tertiary/aromatic N) is 1. The molecule has 1 rings (SSSR count). The maximum Gasteiger partial charge on any atom is 0.347 e. The van der Waals surface area contributed by atoms with Crippen LogP contribution >= 0.6 is 0 Å². The minimum Gasteiger partial charge on any atom is -0.479 e. The van der Waals surface area contributed by atoms with Crippen molar-refractivity contribution in [2.24, 2.45) is 0 Å². The van der Waals surface area contributed by atoms with Crippen LogP contribution in [-0.4, -0.2) is 82.9 Å². The molecule has 0 bridgehead atoms. The molecule has 0 unspecified atom stereocenters. The largest absolute Gasteiger partial charge is 0.479 e. The van der Waals surface area contributed by atoms with Gasteiger partial charge in [-0.2, -0.15) is 0 Å². The zero-order valence-electron chi connectivity index (χ0n) is 10.3. The predicted molar refractivity (Wildman–Crippen MR) is 63.0 cm³/mol. The molecule has 1 fully saturated rings. The molecule has 9 nitrogen and oxygen atoms in total. The SMILES string of the molecule is O=C(O)C(C(=O)O)(C(=O)O)N1CCNCCNCC1. The van der Waals surface area contributed by atoms with Gasteiger partial charge in [0.25, 0.3) is 0 Å². The molecule has 0 aliphatic carbocycles. The van der Waals surface area contributed by atoms with Crippen LogP contribution in [0.15, 0.2) is 0 Å². The van der Waals surface area contributed by atoms with Crippen LogP contribution in [0.4, 0.5) is 0 Å². The molecule has 5 N–H and O–H groups in total. The van der Waals surface area contributed by atoms with Gasteiger partial charge in [0, 0.05) is 39.3 Å². The van der Waals surface area contributed by atoms with Crippen molar-refractivity contribution in [3.05, 3.63) is 0 Å². The number of carbonyl (C=O) groups is 3. The molecule has 0 aromatic heterocycles. The molecule has 0 aromatic rings. The molecule has 1 heterocycles. The van der Waals surface area contributed by atoms with E-state index in [9.17, 15) is 14.4 Å². The molecule has 0 saturated carbocycles. The van der Waals surface area contributed by atoms with Crippen molar-refractivity contribution < 1.29 is 29.7 Å². The topological polar surface area (TPSA) is 139 Å². The van der Waals surface area contributed by atoms with Crippen LogP contribution in [0.25, 0.3) is 0 Å². The Morgan fingerprint density at radius 3 is 1.47 bits per heavy atom. The van der Waals surface area contributed by atoms with Crippen molar-refractivity contribution in [3.8, 4) is 0 Å². The molecule has 1 aliphatic rings. The number of carboxylic acids is 3. The fourth-order valence-corrected chi connectivity index (χ4v) is 1.98. The fraction of sp³-hybridized carbons (Fsp3) is 0.700. The van der Waals surface area contributed by atoms with Crippen LogP contribution in [0.1, 0.15) is 0 Å². The third-order valence-electron chi connectivity index (χ3n) is 3.00. The second kappa shape index (κ2) is 6.45. The van der Waals surface area contributed by atoms with Gasteiger partial charge in [0.1, 0.15) is 0 Å². The highest BCUT2D eigenvalue weighted by Gasteiger charge is 2.59. The number of nitrogens with one attached hydrogen (secondary N) is 2. The quantitative estimate of drug-likeness (QED) is 0.351. The van der Waals surface area contributed by atoms with E-state index in [1.807, 2.05) is 0 Å². The fourth-order valence-electron chi connectivity index (χ4n) is 1.98. The lowest BCUT2D eigenvalue weighted by Gasteiger charge is -2.33. The Bertz CT molecular complexity index is 326. The van der Waals surface area contributed by atoms with Crippen molar-refractivity contribution in [3.63, 3.8) is 0 Å². The van der Waals surface area contributed by atoms with Gasteiger partial charge in [-0.3, -0.25) is 4.90 Å². The van der Waals surface area contributed by atoms with Gasteiger partial charge >= 0.3 is 23.4 Å². The molecule has 0 amide bonds. The van der Waals surface area contributed by atoms with Crippen molar-refractivity contribution >= 4 is 17.9 Å². The highest BCUT2D eigenvalue weighted by Crippen LogP contribution is 2.17. The second-order valence-electron chi connectivity index (χ2n) is 4.11. The summed E-state index contributed by atoms with van der Waals surface area (Å²) in [6.45, 7) is 1.97. The molecule has 0 aromatic carbocycles. The van der Waals surface area contributed by atoms with Crippen LogP contribution in [0, 0.1) is 0 Å². The third-order valence-corrected chi connectivity index (χ3v) is 3.00. The van der Waals surface area contributed by atoms with Crippen LogP contribution in [0.3, 0.4) is 0 Å². The van der Waals surface area contributed by atoms with E-state index >= 15 is 0 Å². The van der Waals surface area contributed by atoms with Gasteiger partial charge in [-0.15, -0.1) is 0 Å². The van der Waals surface area contributed by atoms with Crippen molar-refractivity contribution in [2.45, 2.75) is 5.54 Å². The molecular weight excluding hydrogens is 258 g/mol. The summed E-state index contributed by atoms with van der Waals surface area (Å²) in [6.07, 6.45) is 0. The van der Waals surface area contributed by atoms with Crippen LogP contribution in [-0.2, 0) is 14.4 Å². The van der Waals surface area contributed by atoms with Gasteiger partial charge in [-0.05, 0) is 0 Å². The summed E-state index contributed by atoms with van der Waals surface area (Å²) >= 11 is 0. The Balaban J connectivity index is 3.09. The van der Waals surface area contributed by atoms with Crippen molar-refractivity contribution in [1.82, 2.24) is 15.5 Å². The Morgan fingerprint density at radius 1 is 0.789 bits per heavy atom.